The molecule has 0 aliphatic carbocycles. The molecule has 0 unspecified atom stereocenters. The molecule has 0 atom stereocenters. The highest BCUT2D eigenvalue weighted by molar-refractivity contribution is 7.22. The summed E-state index contributed by atoms with van der Waals surface area (Å²) in [4.78, 5) is 6.20. The van der Waals surface area contributed by atoms with Crippen molar-refractivity contribution < 1.29 is 0 Å². The highest BCUT2D eigenvalue weighted by Gasteiger charge is 2.20. The monoisotopic (exact) mass is 463 g/mol. The molecule has 0 aliphatic rings. The van der Waals surface area contributed by atoms with Crippen LogP contribution in [0.3, 0.4) is 0 Å². The van der Waals surface area contributed by atoms with Crippen LogP contribution in [0, 0.1) is 6.92 Å². The molecule has 1 nitrogen and oxygen atoms in total. The van der Waals surface area contributed by atoms with E-state index < -0.39 is 0 Å². The molecule has 3 aromatic carbocycles. The van der Waals surface area contributed by atoms with Crippen LogP contribution in [0.15, 0.2) is 78.3 Å². The van der Waals surface area contributed by atoms with Crippen molar-refractivity contribution in [3.05, 3.63) is 89.4 Å². The molecule has 3 heteroatoms. The van der Waals surface area contributed by atoms with Crippen LogP contribution in [-0.4, -0.2) is 4.98 Å². The van der Waals surface area contributed by atoms with Crippen LogP contribution in [-0.2, 0) is 5.41 Å². The fourth-order valence-corrected chi connectivity index (χ4v) is 6.90. The van der Waals surface area contributed by atoms with Gasteiger partial charge in [-0.2, -0.15) is 0 Å². The average molecular weight is 464 g/mol. The second kappa shape index (κ2) is 7.51. The topological polar surface area (TPSA) is 12.9 Å². The zero-order valence-corrected chi connectivity index (χ0v) is 20.9. The molecular formula is C30H25NS2. The van der Waals surface area contributed by atoms with E-state index in [1.807, 2.05) is 28.9 Å². The second-order valence-corrected chi connectivity index (χ2v) is 11.8. The third-order valence-corrected chi connectivity index (χ3v) is 8.64. The van der Waals surface area contributed by atoms with Gasteiger partial charge >= 0.3 is 0 Å². The lowest BCUT2D eigenvalue weighted by molar-refractivity contribution is 0.596. The van der Waals surface area contributed by atoms with Crippen LogP contribution in [0.5, 0.6) is 0 Å². The average Bonchev–Trinajstić information content (AvgIpc) is 3.41. The summed E-state index contributed by atoms with van der Waals surface area (Å²) < 4.78 is 2.63. The molecule has 3 aromatic heterocycles. The van der Waals surface area contributed by atoms with E-state index in [1.165, 1.54) is 58.1 Å². The third-order valence-electron chi connectivity index (χ3n) is 6.44. The van der Waals surface area contributed by atoms with Gasteiger partial charge in [0.2, 0.25) is 0 Å². The summed E-state index contributed by atoms with van der Waals surface area (Å²) >= 11 is 3.69. The zero-order valence-electron chi connectivity index (χ0n) is 19.3. The molecule has 6 rings (SSSR count). The van der Waals surface area contributed by atoms with Gasteiger partial charge < -0.3 is 0 Å². The number of pyridine rings is 1. The summed E-state index contributed by atoms with van der Waals surface area (Å²) in [5.41, 5.74) is 6.36. The summed E-state index contributed by atoms with van der Waals surface area (Å²) in [6.45, 7) is 9.09. The Morgan fingerprint density at radius 3 is 2.52 bits per heavy atom. The van der Waals surface area contributed by atoms with Gasteiger partial charge in [0.1, 0.15) is 0 Å². The van der Waals surface area contributed by atoms with Crippen molar-refractivity contribution in [1.29, 1.82) is 0 Å². The number of fused-ring (bicyclic) bond motifs is 3. The highest BCUT2D eigenvalue weighted by atomic mass is 32.1. The minimum Gasteiger partial charge on any atom is -0.256 e. The maximum Gasteiger partial charge on any atom is 0.0789 e. The van der Waals surface area contributed by atoms with Gasteiger partial charge in [0, 0.05) is 42.4 Å². The van der Waals surface area contributed by atoms with Gasteiger partial charge in [-0.1, -0.05) is 57.2 Å². The predicted octanol–water partition coefficient (Wildman–Crippen LogP) is 9.60. The van der Waals surface area contributed by atoms with E-state index in [1.54, 1.807) is 0 Å². The lowest BCUT2D eigenvalue weighted by Gasteiger charge is -2.22. The number of aryl methyl sites for hydroxylation is 1. The first-order valence-corrected chi connectivity index (χ1v) is 13.0. The molecule has 162 valence electrons. The van der Waals surface area contributed by atoms with Crippen molar-refractivity contribution in [2.24, 2.45) is 0 Å². The van der Waals surface area contributed by atoms with Gasteiger partial charge in [-0.3, -0.25) is 4.98 Å². The molecule has 0 amide bonds. The van der Waals surface area contributed by atoms with E-state index in [9.17, 15) is 0 Å². The van der Waals surface area contributed by atoms with Crippen molar-refractivity contribution in [3.8, 4) is 21.7 Å². The molecule has 3 heterocycles. The Balaban J connectivity index is 1.60. The van der Waals surface area contributed by atoms with E-state index in [0.29, 0.717) is 0 Å². The van der Waals surface area contributed by atoms with Crippen LogP contribution < -0.4 is 0 Å². The number of rotatable bonds is 2. The molecule has 0 bridgehead atoms. The Morgan fingerprint density at radius 2 is 1.67 bits per heavy atom. The van der Waals surface area contributed by atoms with Crippen molar-refractivity contribution in [1.82, 2.24) is 4.98 Å². The number of benzene rings is 3. The molecule has 0 spiro atoms. The van der Waals surface area contributed by atoms with Crippen LogP contribution >= 0.6 is 22.7 Å². The quantitative estimate of drug-likeness (QED) is 0.249. The minimum absolute atomic E-state index is 0.0510. The number of aromatic nitrogens is 1. The van der Waals surface area contributed by atoms with Crippen LogP contribution in [0.1, 0.15) is 31.9 Å². The Bertz CT molecular complexity index is 1660. The van der Waals surface area contributed by atoms with Crippen LogP contribution in [0.4, 0.5) is 0 Å². The standard InChI is InChI=1S/C30H25NS2/c1-18-17-32-26-11-7-10-22(28(18)26)27-16-23-25(33-27)12-13-31-29(23)20-14-19-8-5-6-9-21(19)24(15-20)30(2,3)4/h5-17H,1-4H3. The van der Waals surface area contributed by atoms with Gasteiger partial charge in [0.25, 0.3) is 0 Å². The molecular weight excluding hydrogens is 438 g/mol. The maximum atomic E-state index is 4.89. The van der Waals surface area contributed by atoms with Crippen molar-refractivity contribution in [2.75, 3.05) is 0 Å². The minimum atomic E-state index is 0.0510. The molecule has 0 radical (unpaired) electrons. The molecule has 6 aromatic rings. The van der Waals surface area contributed by atoms with Gasteiger partial charge in [0.05, 0.1) is 5.69 Å². The number of thiophene rings is 2. The predicted molar refractivity (Wildman–Crippen MR) is 147 cm³/mol. The van der Waals surface area contributed by atoms with Crippen LogP contribution in [0.2, 0.25) is 0 Å². The van der Waals surface area contributed by atoms with Crippen LogP contribution in [0.25, 0.3) is 52.6 Å². The maximum absolute atomic E-state index is 4.89. The van der Waals surface area contributed by atoms with E-state index >= 15 is 0 Å². The lowest BCUT2D eigenvalue weighted by atomic mass is 9.82. The van der Waals surface area contributed by atoms with E-state index in [4.69, 9.17) is 4.98 Å². The summed E-state index contributed by atoms with van der Waals surface area (Å²) in [5, 5.41) is 7.47. The van der Waals surface area contributed by atoms with Gasteiger partial charge in [-0.15, -0.1) is 22.7 Å². The Hall–Kier alpha value is -3.01. The molecule has 0 saturated heterocycles. The van der Waals surface area contributed by atoms with E-state index in [2.05, 4.69) is 99.8 Å². The molecule has 0 N–H and O–H groups in total. The fraction of sp³-hybridized carbons (Fsp3) is 0.167. The first-order valence-electron chi connectivity index (χ1n) is 11.3. The number of hydrogen-bond acceptors (Lipinski definition) is 3. The number of hydrogen-bond donors (Lipinski definition) is 0. The number of nitrogens with zero attached hydrogens (tertiary/aromatic N) is 1. The van der Waals surface area contributed by atoms with Crippen molar-refractivity contribution in [3.63, 3.8) is 0 Å². The van der Waals surface area contributed by atoms with E-state index in [-0.39, 0.29) is 5.41 Å². The molecule has 0 saturated carbocycles. The SMILES string of the molecule is Cc1csc2cccc(-c3cc4c(-c5cc(C(C)(C)C)c6ccccc6c5)nccc4s3)c12. The van der Waals surface area contributed by atoms with Gasteiger partial charge in [0.15, 0.2) is 0 Å². The smallest absolute Gasteiger partial charge is 0.0789 e. The summed E-state index contributed by atoms with van der Waals surface area (Å²) in [6, 6.07) is 24.5. The van der Waals surface area contributed by atoms with Crippen molar-refractivity contribution >= 4 is 53.6 Å². The third kappa shape index (κ3) is 3.38. The highest BCUT2D eigenvalue weighted by Crippen LogP contribution is 2.43. The Kier molecular flexibility index (Phi) is 4.69. The molecule has 0 aliphatic heterocycles. The van der Waals surface area contributed by atoms with Crippen molar-refractivity contribution in [2.45, 2.75) is 33.1 Å². The van der Waals surface area contributed by atoms with E-state index in [0.717, 1.165) is 5.69 Å². The zero-order chi connectivity index (χ0) is 22.7. The normalized spacial score (nSPS) is 12.2. The molecule has 0 fully saturated rings. The first kappa shape index (κ1) is 20.6. The largest absolute Gasteiger partial charge is 0.256 e. The lowest BCUT2D eigenvalue weighted by Crippen LogP contribution is -2.12. The van der Waals surface area contributed by atoms with Gasteiger partial charge in [-0.25, -0.2) is 0 Å². The summed E-state index contributed by atoms with van der Waals surface area (Å²) in [7, 11) is 0. The Labute approximate surface area is 202 Å². The molecule has 33 heavy (non-hydrogen) atoms. The first-order chi connectivity index (χ1) is 15.9. The summed E-state index contributed by atoms with van der Waals surface area (Å²) in [6.07, 6.45) is 1.96. The summed E-state index contributed by atoms with van der Waals surface area (Å²) in [5.74, 6) is 0. The van der Waals surface area contributed by atoms with Gasteiger partial charge in [-0.05, 0) is 69.9 Å². The second-order valence-electron chi connectivity index (χ2n) is 9.77. The fourth-order valence-electron chi connectivity index (χ4n) is 4.85. The Morgan fingerprint density at radius 1 is 0.818 bits per heavy atom.